The zero-order valence-corrected chi connectivity index (χ0v) is 7.99. The number of hydrogen-bond donors (Lipinski definition) is 3. The Balaban J connectivity index is 2.29. The third-order valence-corrected chi connectivity index (χ3v) is 2.38. The average Bonchev–Trinajstić information content (AvgIpc) is 2.59. The predicted octanol–water partition coefficient (Wildman–Crippen LogP) is -0.610. The lowest BCUT2D eigenvalue weighted by Crippen LogP contribution is -2.28. The molecule has 0 saturated carbocycles. The number of nitrogens with one attached hydrogen (secondary N) is 2. The average molecular weight is 205 g/mol. The number of carbonyl (C=O) groups excluding carboxylic acids is 2. The second kappa shape index (κ2) is 3.70. The number of benzene rings is 1. The molecule has 1 aromatic carbocycles. The molecule has 1 fully saturated rings. The fraction of sp³-hybridized carbons (Fsp3) is 0.200. The molecule has 5 nitrogen and oxygen atoms in total. The van der Waals surface area contributed by atoms with Crippen molar-refractivity contribution in [2.75, 3.05) is 0 Å². The van der Waals surface area contributed by atoms with E-state index in [2.05, 4.69) is 10.9 Å². The quantitative estimate of drug-likeness (QED) is 0.563. The van der Waals surface area contributed by atoms with Crippen molar-refractivity contribution in [1.82, 2.24) is 10.9 Å². The normalized spacial score (nSPS) is 16.3. The van der Waals surface area contributed by atoms with Crippen LogP contribution in [0.4, 0.5) is 0 Å². The van der Waals surface area contributed by atoms with Crippen LogP contribution in [0.3, 0.4) is 0 Å². The fourth-order valence-electron chi connectivity index (χ4n) is 1.54. The van der Waals surface area contributed by atoms with Gasteiger partial charge in [-0.25, -0.2) is 0 Å². The summed E-state index contributed by atoms with van der Waals surface area (Å²) in [7, 11) is 0. The van der Waals surface area contributed by atoms with Gasteiger partial charge in [-0.05, 0) is 11.1 Å². The molecule has 78 valence electrons. The first-order valence-corrected chi connectivity index (χ1v) is 4.61. The Hall–Kier alpha value is -1.88. The van der Waals surface area contributed by atoms with Crippen molar-refractivity contribution < 1.29 is 9.59 Å². The van der Waals surface area contributed by atoms with Crippen LogP contribution in [-0.4, -0.2) is 11.8 Å². The van der Waals surface area contributed by atoms with E-state index in [1.807, 2.05) is 12.1 Å². The van der Waals surface area contributed by atoms with Crippen molar-refractivity contribution in [2.24, 2.45) is 5.73 Å². The summed E-state index contributed by atoms with van der Waals surface area (Å²) in [6.07, 6.45) is 0. The number of nitrogens with two attached hydrogens (primary N) is 1. The van der Waals surface area contributed by atoms with Crippen molar-refractivity contribution in [3.63, 3.8) is 0 Å². The Labute approximate surface area is 86.6 Å². The maximum Gasteiger partial charge on any atom is 0.255 e. The molecule has 2 amide bonds. The molecule has 0 aliphatic carbocycles. The SMILES string of the molecule is NCc1ccc(C2C(=O)NNC2=O)cc1. The first kappa shape index (κ1) is 9.67. The molecule has 0 bridgehead atoms. The summed E-state index contributed by atoms with van der Waals surface area (Å²) in [5.74, 6) is -1.38. The highest BCUT2D eigenvalue weighted by Gasteiger charge is 2.34. The first-order valence-electron chi connectivity index (χ1n) is 4.61. The van der Waals surface area contributed by atoms with Gasteiger partial charge in [-0.15, -0.1) is 0 Å². The van der Waals surface area contributed by atoms with Crippen LogP contribution in [0.15, 0.2) is 24.3 Å². The molecular formula is C10H11N3O2. The van der Waals surface area contributed by atoms with Gasteiger partial charge in [0.2, 0.25) is 0 Å². The molecular weight excluding hydrogens is 194 g/mol. The van der Waals surface area contributed by atoms with Crippen LogP contribution < -0.4 is 16.6 Å². The minimum Gasteiger partial charge on any atom is -0.326 e. The van der Waals surface area contributed by atoms with E-state index in [-0.39, 0.29) is 11.8 Å². The van der Waals surface area contributed by atoms with Crippen LogP contribution in [0.5, 0.6) is 0 Å². The second-order valence-electron chi connectivity index (χ2n) is 3.36. The van der Waals surface area contributed by atoms with E-state index >= 15 is 0 Å². The summed E-state index contributed by atoms with van der Waals surface area (Å²) in [4.78, 5) is 22.6. The number of rotatable bonds is 2. The third kappa shape index (κ3) is 1.69. The molecule has 1 aliphatic rings. The van der Waals surface area contributed by atoms with Gasteiger partial charge < -0.3 is 5.73 Å². The van der Waals surface area contributed by atoms with Gasteiger partial charge in [-0.3, -0.25) is 20.4 Å². The molecule has 1 aliphatic heterocycles. The highest BCUT2D eigenvalue weighted by molar-refractivity contribution is 6.10. The lowest BCUT2D eigenvalue weighted by atomic mass is 9.98. The zero-order valence-electron chi connectivity index (χ0n) is 7.99. The van der Waals surface area contributed by atoms with Crippen LogP contribution in [0.25, 0.3) is 0 Å². The summed E-state index contributed by atoms with van der Waals surface area (Å²) in [5, 5.41) is 0. The number of hydrogen-bond acceptors (Lipinski definition) is 3. The molecule has 1 aromatic rings. The Morgan fingerprint density at radius 2 is 1.60 bits per heavy atom. The smallest absolute Gasteiger partial charge is 0.255 e. The Bertz CT molecular complexity index is 384. The largest absolute Gasteiger partial charge is 0.326 e. The molecule has 0 spiro atoms. The first-order chi connectivity index (χ1) is 7.22. The van der Waals surface area contributed by atoms with Gasteiger partial charge in [0.1, 0.15) is 5.92 Å². The summed E-state index contributed by atoms with van der Waals surface area (Å²) in [6.45, 7) is 0.448. The summed E-state index contributed by atoms with van der Waals surface area (Å²) < 4.78 is 0. The molecule has 0 unspecified atom stereocenters. The number of carbonyl (C=O) groups is 2. The zero-order chi connectivity index (χ0) is 10.8. The molecule has 0 aromatic heterocycles. The van der Waals surface area contributed by atoms with Crippen LogP contribution in [0.2, 0.25) is 0 Å². The monoisotopic (exact) mass is 205 g/mol. The Kier molecular flexibility index (Phi) is 2.39. The molecule has 1 saturated heterocycles. The van der Waals surface area contributed by atoms with E-state index in [1.54, 1.807) is 12.1 Å². The minimum atomic E-state index is -0.739. The minimum absolute atomic E-state index is 0.319. The van der Waals surface area contributed by atoms with Crippen molar-refractivity contribution in [3.8, 4) is 0 Å². The predicted molar refractivity (Wildman–Crippen MR) is 53.4 cm³/mol. The number of hydrazine groups is 1. The van der Waals surface area contributed by atoms with E-state index in [0.717, 1.165) is 5.56 Å². The van der Waals surface area contributed by atoms with Crippen LogP contribution in [0.1, 0.15) is 17.0 Å². The van der Waals surface area contributed by atoms with Crippen molar-refractivity contribution in [2.45, 2.75) is 12.5 Å². The van der Waals surface area contributed by atoms with Crippen molar-refractivity contribution in [1.29, 1.82) is 0 Å². The molecule has 5 heteroatoms. The molecule has 0 radical (unpaired) electrons. The standard InChI is InChI=1S/C10H11N3O2/c11-5-6-1-3-7(4-2-6)8-9(14)12-13-10(8)15/h1-4,8H,5,11H2,(H,12,14)(H,13,15). The topological polar surface area (TPSA) is 84.2 Å². The Morgan fingerprint density at radius 1 is 1.07 bits per heavy atom. The van der Waals surface area contributed by atoms with Gasteiger partial charge >= 0.3 is 0 Å². The lowest BCUT2D eigenvalue weighted by molar-refractivity contribution is -0.124. The molecule has 2 rings (SSSR count). The summed E-state index contributed by atoms with van der Waals surface area (Å²) >= 11 is 0. The maximum atomic E-state index is 11.3. The summed E-state index contributed by atoms with van der Waals surface area (Å²) in [5.41, 5.74) is 11.7. The number of amides is 2. The van der Waals surface area contributed by atoms with E-state index in [0.29, 0.717) is 12.1 Å². The molecule has 15 heavy (non-hydrogen) atoms. The highest BCUT2D eigenvalue weighted by Crippen LogP contribution is 2.19. The van der Waals surface area contributed by atoms with Gasteiger partial charge in [0, 0.05) is 6.54 Å². The van der Waals surface area contributed by atoms with E-state index in [9.17, 15) is 9.59 Å². The van der Waals surface area contributed by atoms with Crippen LogP contribution in [-0.2, 0) is 16.1 Å². The maximum absolute atomic E-state index is 11.3. The summed E-state index contributed by atoms with van der Waals surface area (Å²) in [6, 6.07) is 7.12. The van der Waals surface area contributed by atoms with E-state index < -0.39 is 5.92 Å². The van der Waals surface area contributed by atoms with E-state index in [4.69, 9.17) is 5.73 Å². The van der Waals surface area contributed by atoms with Crippen molar-refractivity contribution >= 4 is 11.8 Å². The van der Waals surface area contributed by atoms with Gasteiger partial charge in [-0.2, -0.15) is 0 Å². The van der Waals surface area contributed by atoms with Gasteiger partial charge in [0.15, 0.2) is 0 Å². The van der Waals surface area contributed by atoms with Gasteiger partial charge in [-0.1, -0.05) is 24.3 Å². The van der Waals surface area contributed by atoms with Gasteiger partial charge in [0.25, 0.3) is 11.8 Å². The van der Waals surface area contributed by atoms with Crippen molar-refractivity contribution in [3.05, 3.63) is 35.4 Å². The second-order valence-corrected chi connectivity index (χ2v) is 3.36. The van der Waals surface area contributed by atoms with Crippen LogP contribution in [0, 0.1) is 0 Å². The Morgan fingerprint density at radius 3 is 2.07 bits per heavy atom. The molecule has 0 atom stereocenters. The fourth-order valence-corrected chi connectivity index (χ4v) is 1.54. The molecule has 1 heterocycles. The van der Waals surface area contributed by atoms with E-state index in [1.165, 1.54) is 0 Å². The lowest BCUT2D eigenvalue weighted by Gasteiger charge is -2.05. The highest BCUT2D eigenvalue weighted by atomic mass is 16.2. The third-order valence-electron chi connectivity index (χ3n) is 2.38. The molecule has 4 N–H and O–H groups in total. The van der Waals surface area contributed by atoms with Crippen LogP contribution >= 0.6 is 0 Å². The van der Waals surface area contributed by atoms with Gasteiger partial charge in [0.05, 0.1) is 0 Å².